The Bertz CT molecular complexity index is 1030. The van der Waals surface area contributed by atoms with Gasteiger partial charge in [0, 0.05) is 0 Å². The predicted octanol–water partition coefficient (Wildman–Crippen LogP) is 4.84. The highest BCUT2D eigenvalue weighted by Crippen LogP contribution is 2.28. The van der Waals surface area contributed by atoms with Crippen LogP contribution in [0.5, 0.6) is 0 Å². The van der Waals surface area contributed by atoms with Crippen LogP contribution < -0.4 is 4.31 Å². The molecule has 0 atom stereocenters. The Hall–Kier alpha value is -2.66. The smallest absolute Gasteiger partial charge is 0.262 e. The van der Waals surface area contributed by atoms with Gasteiger partial charge in [-0.3, -0.25) is 4.31 Å². The fourth-order valence-electron chi connectivity index (χ4n) is 2.85. The minimum atomic E-state index is -4.05. The van der Waals surface area contributed by atoms with Crippen molar-refractivity contribution >= 4 is 15.7 Å². The van der Waals surface area contributed by atoms with E-state index >= 15 is 0 Å². The largest absolute Gasteiger partial charge is 0.267 e. The van der Waals surface area contributed by atoms with Crippen molar-refractivity contribution in [3.05, 3.63) is 95.3 Å². The summed E-state index contributed by atoms with van der Waals surface area (Å²) in [7, 11) is -4.05. The number of benzene rings is 3. The van der Waals surface area contributed by atoms with E-state index < -0.39 is 15.8 Å². The number of sulfonamides is 1. The van der Waals surface area contributed by atoms with Crippen LogP contribution in [0.1, 0.15) is 16.7 Å². The van der Waals surface area contributed by atoms with Crippen LogP contribution in [0.25, 0.3) is 0 Å². The molecule has 3 aromatic carbocycles. The zero-order valence-electron chi connectivity index (χ0n) is 14.7. The summed E-state index contributed by atoms with van der Waals surface area (Å²) in [4.78, 5) is -0.325. The Kier molecular flexibility index (Phi) is 5.09. The quantitative estimate of drug-likeness (QED) is 0.645. The van der Waals surface area contributed by atoms with Crippen molar-refractivity contribution < 1.29 is 12.8 Å². The Balaban J connectivity index is 2.13. The van der Waals surface area contributed by atoms with Crippen LogP contribution in [0, 0.1) is 19.7 Å². The Morgan fingerprint density at radius 3 is 2.15 bits per heavy atom. The van der Waals surface area contributed by atoms with Crippen LogP contribution in [0.4, 0.5) is 10.1 Å². The first-order valence-corrected chi connectivity index (χ1v) is 9.71. The summed E-state index contributed by atoms with van der Waals surface area (Å²) in [6, 6.07) is 20.3. The van der Waals surface area contributed by atoms with Crippen molar-refractivity contribution in [1.82, 2.24) is 0 Å². The molecule has 0 heterocycles. The van der Waals surface area contributed by atoms with E-state index in [0.29, 0.717) is 5.69 Å². The van der Waals surface area contributed by atoms with Gasteiger partial charge in [0.2, 0.25) is 0 Å². The van der Waals surface area contributed by atoms with Gasteiger partial charge >= 0.3 is 0 Å². The molecule has 0 amide bonds. The monoisotopic (exact) mass is 369 g/mol. The first-order chi connectivity index (χ1) is 12.4. The molecule has 0 aliphatic rings. The van der Waals surface area contributed by atoms with Crippen LogP contribution in [-0.4, -0.2) is 8.42 Å². The van der Waals surface area contributed by atoms with Crippen LogP contribution in [0.2, 0.25) is 0 Å². The van der Waals surface area contributed by atoms with Gasteiger partial charge in [0.1, 0.15) is 10.7 Å². The second-order valence-corrected chi connectivity index (χ2v) is 8.10. The van der Waals surface area contributed by atoms with E-state index in [2.05, 4.69) is 0 Å². The number of nitrogens with zero attached hydrogens (tertiary/aromatic N) is 1. The van der Waals surface area contributed by atoms with Gasteiger partial charge in [0.15, 0.2) is 0 Å². The molecule has 134 valence electrons. The summed E-state index contributed by atoms with van der Waals surface area (Å²) >= 11 is 0. The Morgan fingerprint density at radius 1 is 0.846 bits per heavy atom. The Labute approximate surface area is 153 Å². The van der Waals surface area contributed by atoms with Gasteiger partial charge in [-0.2, -0.15) is 0 Å². The normalized spacial score (nSPS) is 11.3. The van der Waals surface area contributed by atoms with Gasteiger partial charge in [0.05, 0.1) is 12.2 Å². The summed E-state index contributed by atoms with van der Waals surface area (Å²) in [5.74, 6) is -0.755. The zero-order valence-corrected chi connectivity index (χ0v) is 15.5. The lowest BCUT2D eigenvalue weighted by atomic mass is 10.1. The summed E-state index contributed by atoms with van der Waals surface area (Å²) in [5.41, 5.74) is 3.32. The van der Waals surface area contributed by atoms with Crippen molar-refractivity contribution in [2.75, 3.05) is 4.31 Å². The zero-order chi connectivity index (χ0) is 18.7. The standard InChI is InChI=1S/C21H20FNO2S/c1-16-7-5-9-18(13-16)15-23(19-10-6-8-17(2)14-19)26(24,25)21-12-4-3-11-20(21)22/h3-14H,15H2,1-2H3. The molecule has 5 heteroatoms. The molecule has 0 saturated carbocycles. The van der Waals surface area contributed by atoms with Crippen LogP contribution >= 0.6 is 0 Å². The minimum absolute atomic E-state index is 0.127. The molecule has 0 radical (unpaired) electrons. The lowest BCUT2D eigenvalue weighted by Gasteiger charge is -2.25. The summed E-state index contributed by atoms with van der Waals surface area (Å²) in [6.07, 6.45) is 0. The molecule has 0 N–H and O–H groups in total. The van der Waals surface area contributed by atoms with Gasteiger partial charge in [-0.25, -0.2) is 12.8 Å². The second kappa shape index (κ2) is 7.30. The number of rotatable bonds is 5. The van der Waals surface area contributed by atoms with Gasteiger partial charge in [-0.05, 0) is 49.2 Å². The first kappa shape index (κ1) is 18.1. The maximum absolute atomic E-state index is 14.2. The SMILES string of the molecule is Cc1cccc(CN(c2cccc(C)c2)S(=O)(=O)c2ccccc2F)c1. The maximum Gasteiger partial charge on any atom is 0.267 e. The van der Waals surface area contributed by atoms with Crippen LogP contribution in [-0.2, 0) is 16.6 Å². The van der Waals surface area contributed by atoms with E-state index in [1.807, 2.05) is 44.2 Å². The van der Waals surface area contributed by atoms with Gasteiger partial charge in [-0.1, -0.05) is 54.1 Å². The first-order valence-electron chi connectivity index (χ1n) is 8.27. The molecule has 26 heavy (non-hydrogen) atoms. The van der Waals surface area contributed by atoms with Crippen LogP contribution in [0.15, 0.2) is 77.7 Å². The summed E-state index contributed by atoms with van der Waals surface area (Å²) in [6.45, 7) is 3.97. The van der Waals surface area contributed by atoms with Crippen molar-refractivity contribution in [2.45, 2.75) is 25.3 Å². The predicted molar refractivity (Wildman–Crippen MR) is 102 cm³/mol. The third kappa shape index (κ3) is 3.78. The number of anilines is 1. The third-order valence-electron chi connectivity index (χ3n) is 4.10. The molecule has 0 bridgehead atoms. The molecule has 0 saturated heterocycles. The van der Waals surface area contributed by atoms with Gasteiger partial charge in [-0.15, -0.1) is 0 Å². The molecule has 0 fully saturated rings. The van der Waals surface area contributed by atoms with E-state index in [9.17, 15) is 12.8 Å². The van der Waals surface area contributed by atoms with E-state index in [4.69, 9.17) is 0 Å². The number of halogens is 1. The summed E-state index contributed by atoms with van der Waals surface area (Å²) < 4.78 is 42.0. The molecule has 0 spiro atoms. The molecular weight excluding hydrogens is 349 g/mol. The fourth-order valence-corrected chi connectivity index (χ4v) is 4.36. The van der Waals surface area contributed by atoms with Crippen molar-refractivity contribution in [2.24, 2.45) is 0 Å². The van der Waals surface area contributed by atoms with Crippen molar-refractivity contribution in [3.63, 3.8) is 0 Å². The molecule has 0 aliphatic carbocycles. The Morgan fingerprint density at radius 2 is 1.50 bits per heavy atom. The highest BCUT2D eigenvalue weighted by atomic mass is 32.2. The number of hydrogen-bond acceptors (Lipinski definition) is 2. The average molecular weight is 369 g/mol. The minimum Gasteiger partial charge on any atom is -0.262 e. The van der Waals surface area contributed by atoms with Crippen LogP contribution in [0.3, 0.4) is 0 Å². The molecule has 0 unspecified atom stereocenters. The second-order valence-electron chi connectivity index (χ2n) is 6.27. The highest BCUT2D eigenvalue weighted by Gasteiger charge is 2.28. The van der Waals surface area contributed by atoms with Crippen molar-refractivity contribution in [3.8, 4) is 0 Å². The number of hydrogen-bond donors (Lipinski definition) is 0. The van der Waals surface area contributed by atoms with E-state index in [1.165, 1.54) is 22.5 Å². The molecular formula is C21H20FNO2S. The molecule has 0 aliphatic heterocycles. The fraction of sp³-hybridized carbons (Fsp3) is 0.143. The maximum atomic E-state index is 14.2. The van der Waals surface area contributed by atoms with Gasteiger partial charge in [0.25, 0.3) is 10.0 Å². The molecule has 3 rings (SSSR count). The van der Waals surface area contributed by atoms with Gasteiger partial charge < -0.3 is 0 Å². The third-order valence-corrected chi connectivity index (χ3v) is 5.91. The highest BCUT2D eigenvalue weighted by molar-refractivity contribution is 7.92. The lowest BCUT2D eigenvalue weighted by molar-refractivity contribution is 0.563. The van der Waals surface area contributed by atoms with E-state index in [0.717, 1.165) is 22.8 Å². The summed E-state index contributed by atoms with van der Waals surface area (Å²) in [5, 5.41) is 0. The molecule has 3 nitrogen and oxygen atoms in total. The van der Waals surface area contributed by atoms with E-state index in [1.54, 1.807) is 18.2 Å². The average Bonchev–Trinajstić information content (AvgIpc) is 2.60. The van der Waals surface area contributed by atoms with E-state index in [-0.39, 0.29) is 11.4 Å². The lowest BCUT2D eigenvalue weighted by Crippen LogP contribution is -2.31. The molecule has 3 aromatic rings. The number of aryl methyl sites for hydroxylation is 2. The molecule has 0 aromatic heterocycles. The topological polar surface area (TPSA) is 37.4 Å². The van der Waals surface area contributed by atoms with Crippen molar-refractivity contribution in [1.29, 1.82) is 0 Å².